The van der Waals surface area contributed by atoms with Gasteiger partial charge >= 0.3 is 0 Å². The number of rotatable bonds is 2. The van der Waals surface area contributed by atoms with E-state index in [1.807, 2.05) is 0 Å². The summed E-state index contributed by atoms with van der Waals surface area (Å²) in [7, 11) is 0. The summed E-state index contributed by atoms with van der Waals surface area (Å²) in [6.07, 6.45) is 0. The van der Waals surface area contributed by atoms with Crippen molar-refractivity contribution < 1.29 is 0 Å². The molecule has 0 atom stereocenters. The van der Waals surface area contributed by atoms with Crippen LogP contribution >= 0.6 is 15.9 Å². The molecule has 20 heavy (non-hydrogen) atoms. The van der Waals surface area contributed by atoms with E-state index in [4.69, 9.17) is 0 Å². The lowest BCUT2D eigenvalue weighted by Gasteiger charge is -2.11. The lowest BCUT2D eigenvalue weighted by molar-refractivity contribution is 0.855. The van der Waals surface area contributed by atoms with Crippen molar-refractivity contribution in [3.8, 4) is 11.8 Å². The topological polar surface area (TPSA) is 0 Å². The van der Waals surface area contributed by atoms with E-state index in [1.54, 1.807) is 0 Å². The maximum absolute atomic E-state index is 3.55. The molecule has 0 fully saturated rings. The first-order valence-corrected chi connectivity index (χ1v) is 8.00. The molecule has 0 saturated heterocycles. The summed E-state index contributed by atoms with van der Waals surface area (Å²) in [5.41, 5.74) is 6.13. The highest BCUT2D eigenvalue weighted by Crippen LogP contribution is 2.22. The van der Waals surface area contributed by atoms with Crippen LogP contribution in [0.1, 0.15) is 47.6 Å². The van der Waals surface area contributed by atoms with Gasteiger partial charge < -0.3 is 0 Å². The second-order valence-electron chi connectivity index (χ2n) is 5.32. The molecule has 2 aromatic carbocycles. The summed E-state index contributed by atoms with van der Waals surface area (Å²) in [5.74, 6) is 7.01. The molecule has 0 aliphatic carbocycles. The van der Waals surface area contributed by atoms with Gasteiger partial charge in [0.15, 0.2) is 0 Å². The molecule has 102 valence electrons. The van der Waals surface area contributed by atoms with Crippen molar-refractivity contribution in [1.82, 2.24) is 0 Å². The molecule has 1 heteroatoms. The van der Waals surface area contributed by atoms with Crippen LogP contribution in [0.2, 0.25) is 0 Å². The van der Waals surface area contributed by atoms with Crippen molar-refractivity contribution in [3.63, 3.8) is 0 Å². The zero-order valence-corrected chi connectivity index (χ0v) is 13.8. The minimum absolute atomic E-state index is 0.517. The fourth-order valence-electron chi connectivity index (χ4n) is 2.11. The van der Waals surface area contributed by atoms with Crippen molar-refractivity contribution in [2.45, 2.75) is 32.0 Å². The van der Waals surface area contributed by atoms with Crippen molar-refractivity contribution in [3.05, 3.63) is 70.3 Å². The molecule has 0 saturated carbocycles. The molecule has 0 bridgehead atoms. The van der Waals surface area contributed by atoms with Crippen LogP contribution in [0.4, 0.5) is 0 Å². The number of hydrogen-bond acceptors (Lipinski definition) is 0. The summed E-state index contributed by atoms with van der Waals surface area (Å²) in [6, 6.07) is 14.8. The Labute approximate surface area is 130 Å². The highest BCUT2D eigenvalue weighted by molar-refractivity contribution is 9.08. The van der Waals surface area contributed by atoms with E-state index in [-0.39, 0.29) is 0 Å². The Kier molecular flexibility index (Phi) is 5.04. The van der Waals surface area contributed by atoms with E-state index in [0.717, 1.165) is 16.5 Å². The number of benzene rings is 2. The molecular weight excluding hydrogens is 308 g/mol. The molecule has 0 nitrogen and oxygen atoms in total. The second-order valence-corrected chi connectivity index (χ2v) is 5.88. The third kappa shape index (κ3) is 3.74. The first kappa shape index (κ1) is 14.9. The van der Waals surface area contributed by atoms with Gasteiger partial charge in [0.1, 0.15) is 0 Å². The average Bonchev–Trinajstić information content (AvgIpc) is 2.46. The standard InChI is InChI=1S/C19H19Br/c1-14(2)19-12-17(10-11-18(19)13-20)9-8-16-6-4-15(3)5-7-16/h4-7,10-12,14H,13H2,1-3H3. The molecule has 0 unspecified atom stereocenters. The van der Waals surface area contributed by atoms with Crippen molar-refractivity contribution >= 4 is 15.9 Å². The van der Waals surface area contributed by atoms with Crippen LogP contribution in [0.3, 0.4) is 0 Å². The van der Waals surface area contributed by atoms with E-state index in [1.165, 1.54) is 16.7 Å². The zero-order valence-electron chi connectivity index (χ0n) is 12.2. The lowest BCUT2D eigenvalue weighted by Crippen LogP contribution is -1.95. The van der Waals surface area contributed by atoms with E-state index in [0.29, 0.717) is 5.92 Å². The van der Waals surface area contributed by atoms with Gasteiger partial charge in [-0.05, 0) is 48.2 Å². The lowest BCUT2D eigenvalue weighted by atomic mass is 9.96. The fraction of sp³-hybridized carbons (Fsp3) is 0.263. The van der Waals surface area contributed by atoms with Gasteiger partial charge in [0, 0.05) is 16.5 Å². The zero-order chi connectivity index (χ0) is 14.5. The third-order valence-corrected chi connectivity index (χ3v) is 3.92. The Balaban J connectivity index is 2.31. The first-order chi connectivity index (χ1) is 9.60. The van der Waals surface area contributed by atoms with E-state index >= 15 is 0 Å². The molecule has 0 spiro atoms. The van der Waals surface area contributed by atoms with Gasteiger partial charge in [0.05, 0.1) is 0 Å². The fourth-order valence-corrected chi connectivity index (χ4v) is 2.62. The largest absolute Gasteiger partial charge is 0.0876 e. The van der Waals surface area contributed by atoms with Gasteiger partial charge in [-0.3, -0.25) is 0 Å². The SMILES string of the molecule is Cc1ccc(C#Cc2ccc(CBr)c(C(C)C)c2)cc1. The average molecular weight is 327 g/mol. The van der Waals surface area contributed by atoms with Crippen LogP contribution < -0.4 is 0 Å². The van der Waals surface area contributed by atoms with E-state index in [2.05, 4.69) is 91.0 Å². The van der Waals surface area contributed by atoms with Gasteiger partial charge in [0.25, 0.3) is 0 Å². The van der Waals surface area contributed by atoms with Crippen molar-refractivity contribution in [2.75, 3.05) is 0 Å². The minimum Gasteiger partial charge on any atom is -0.0876 e. The highest BCUT2D eigenvalue weighted by Gasteiger charge is 2.06. The minimum atomic E-state index is 0.517. The number of alkyl halides is 1. The summed E-state index contributed by atoms with van der Waals surface area (Å²) in [4.78, 5) is 0. The quantitative estimate of drug-likeness (QED) is 0.511. The Bertz CT molecular complexity index is 640. The van der Waals surface area contributed by atoms with E-state index < -0.39 is 0 Å². The molecule has 0 aliphatic heterocycles. The summed E-state index contributed by atoms with van der Waals surface area (Å²) in [5, 5.41) is 0.895. The molecule has 0 heterocycles. The summed E-state index contributed by atoms with van der Waals surface area (Å²) >= 11 is 3.55. The Morgan fingerprint density at radius 1 is 0.950 bits per heavy atom. The molecular formula is C19H19Br. The maximum Gasteiger partial charge on any atom is 0.0285 e. The second kappa shape index (κ2) is 6.77. The maximum atomic E-state index is 3.55. The van der Waals surface area contributed by atoms with Crippen LogP contribution in [0.15, 0.2) is 42.5 Å². The number of aryl methyl sites for hydroxylation is 1. The van der Waals surface area contributed by atoms with Gasteiger partial charge in [-0.1, -0.05) is 65.4 Å². The monoisotopic (exact) mass is 326 g/mol. The molecule has 0 aromatic heterocycles. The predicted octanol–water partition coefficient (Wildman–Crippen LogP) is 5.41. The highest BCUT2D eigenvalue weighted by atomic mass is 79.9. The molecule has 0 N–H and O–H groups in total. The Morgan fingerprint density at radius 2 is 1.55 bits per heavy atom. The first-order valence-electron chi connectivity index (χ1n) is 6.87. The van der Waals surface area contributed by atoms with Gasteiger partial charge in [-0.15, -0.1) is 0 Å². The molecule has 0 aliphatic rings. The summed E-state index contributed by atoms with van der Waals surface area (Å²) in [6.45, 7) is 6.53. The normalized spacial score (nSPS) is 10.2. The number of halogens is 1. The third-order valence-electron chi connectivity index (χ3n) is 3.31. The van der Waals surface area contributed by atoms with E-state index in [9.17, 15) is 0 Å². The summed E-state index contributed by atoms with van der Waals surface area (Å²) < 4.78 is 0. The van der Waals surface area contributed by atoms with Crippen LogP contribution in [0.5, 0.6) is 0 Å². The van der Waals surface area contributed by atoms with Crippen molar-refractivity contribution in [1.29, 1.82) is 0 Å². The van der Waals surface area contributed by atoms with Gasteiger partial charge in [0.2, 0.25) is 0 Å². The van der Waals surface area contributed by atoms with Gasteiger partial charge in [-0.2, -0.15) is 0 Å². The van der Waals surface area contributed by atoms with Crippen LogP contribution in [-0.2, 0) is 5.33 Å². The van der Waals surface area contributed by atoms with Crippen LogP contribution in [0.25, 0.3) is 0 Å². The Hall–Kier alpha value is -1.52. The number of hydrogen-bond donors (Lipinski definition) is 0. The smallest absolute Gasteiger partial charge is 0.0285 e. The predicted molar refractivity (Wildman–Crippen MR) is 90.3 cm³/mol. The van der Waals surface area contributed by atoms with Gasteiger partial charge in [-0.25, -0.2) is 0 Å². The van der Waals surface area contributed by atoms with Crippen molar-refractivity contribution in [2.24, 2.45) is 0 Å². The molecule has 2 aromatic rings. The molecule has 0 radical (unpaired) electrons. The van der Waals surface area contributed by atoms with Crippen LogP contribution in [0, 0.1) is 18.8 Å². The molecule has 0 amide bonds. The van der Waals surface area contributed by atoms with Crippen LogP contribution in [-0.4, -0.2) is 0 Å². The molecule has 2 rings (SSSR count). The Morgan fingerprint density at radius 3 is 2.15 bits per heavy atom.